The lowest BCUT2D eigenvalue weighted by Crippen LogP contribution is -2.04. The molecule has 0 radical (unpaired) electrons. The Labute approximate surface area is 62.3 Å². The van der Waals surface area contributed by atoms with Crippen molar-refractivity contribution in [2.45, 2.75) is 18.9 Å². The minimum Gasteiger partial charge on any atom is -0.324 e. The summed E-state index contributed by atoms with van der Waals surface area (Å²) in [5.41, 5.74) is 8.64. The second kappa shape index (κ2) is 2.10. The van der Waals surface area contributed by atoms with Gasteiger partial charge in [-0.25, -0.2) is 0 Å². The van der Waals surface area contributed by atoms with Gasteiger partial charge in [0, 0.05) is 6.04 Å². The average Bonchev–Trinajstić information content (AvgIpc) is 2.34. The van der Waals surface area contributed by atoms with Crippen LogP contribution in [0.4, 0.5) is 0 Å². The fourth-order valence-corrected chi connectivity index (χ4v) is 1.59. The molecule has 1 atom stereocenters. The maximum atomic E-state index is 5.85. The molecule has 0 aliphatic heterocycles. The predicted molar refractivity (Wildman–Crippen MR) is 42.8 cm³/mol. The summed E-state index contributed by atoms with van der Waals surface area (Å²) >= 11 is 0. The van der Waals surface area contributed by atoms with Gasteiger partial charge < -0.3 is 5.73 Å². The van der Waals surface area contributed by atoms with Gasteiger partial charge in [0.25, 0.3) is 0 Å². The van der Waals surface area contributed by atoms with Crippen LogP contribution in [-0.4, -0.2) is 0 Å². The van der Waals surface area contributed by atoms with Crippen molar-refractivity contribution in [3.63, 3.8) is 0 Å². The Morgan fingerprint density at radius 3 is 3.00 bits per heavy atom. The van der Waals surface area contributed by atoms with Crippen LogP contribution in [0.1, 0.15) is 25.0 Å². The molecule has 1 aliphatic carbocycles. The Morgan fingerprint density at radius 2 is 2.20 bits per heavy atom. The molecule has 10 heavy (non-hydrogen) atoms. The van der Waals surface area contributed by atoms with Crippen molar-refractivity contribution in [1.29, 1.82) is 0 Å². The Balaban J connectivity index is 0.000000605. The number of hydrogen-bond donors (Lipinski definition) is 1. The van der Waals surface area contributed by atoms with Crippen LogP contribution < -0.4 is 5.73 Å². The molecule has 52 valence electrons. The largest absolute Gasteiger partial charge is 1.00 e. The number of rotatable bonds is 0. The third-order valence-electron chi connectivity index (χ3n) is 2.18. The Morgan fingerprint density at radius 1 is 1.40 bits per heavy atom. The molecule has 1 unspecified atom stereocenters. The van der Waals surface area contributed by atoms with Crippen molar-refractivity contribution in [2.75, 3.05) is 0 Å². The normalized spacial score (nSPS) is 22.7. The first-order valence-electron chi connectivity index (χ1n) is 3.71. The molecule has 1 aromatic carbocycles. The number of nitrogens with two attached hydrogens (primary N) is 1. The fourth-order valence-electron chi connectivity index (χ4n) is 1.59. The van der Waals surface area contributed by atoms with Crippen molar-refractivity contribution in [2.24, 2.45) is 5.73 Å². The van der Waals surface area contributed by atoms with E-state index in [1.807, 2.05) is 0 Å². The van der Waals surface area contributed by atoms with E-state index in [4.69, 9.17) is 5.73 Å². The summed E-state index contributed by atoms with van der Waals surface area (Å²) in [4.78, 5) is 0. The van der Waals surface area contributed by atoms with Crippen molar-refractivity contribution in [1.82, 2.24) is 0 Å². The Kier molecular flexibility index (Phi) is 1.24. The number of fused-ring (bicyclic) bond motifs is 1. The van der Waals surface area contributed by atoms with Crippen molar-refractivity contribution < 1.29 is 1.43 Å². The van der Waals surface area contributed by atoms with E-state index in [0.29, 0.717) is 6.04 Å². The highest BCUT2D eigenvalue weighted by Crippen LogP contribution is 2.28. The van der Waals surface area contributed by atoms with Crippen LogP contribution in [0, 0.1) is 0 Å². The lowest BCUT2D eigenvalue weighted by molar-refractivity contribution is 0.713. The highest BCUT2D eigenvalue weighted by atomic mass is 14.6. The van der Waals surface area contributed by atoms with Gasteiger partial charge in [-0.3, -0.25) is 0 Å². The van der Waals surface area contributed by atoms with E-state index < -0.39 is 0 Å². The zero-order chi connectivity index (χ0) is 6.97. The van der Waals surface area contributed by atoms with Crippen LogP contribution in [0.25, 0.3) is 0 Å². The molecule has 0 saturated heterocycles. The zero-order valence-corrected chi connectivity index (χ0v) is 5.88. The minimum absolute atomic E-state index is 0. The maximum Gasteiger partial charge on any atom is 1.00 e. The summed E-state index contributed by atoms with van der Waals surface area (Å²) < 4.78 is 0. The van der Waals surface area contributed by atoms with Gasteiger partial charge in [0.15, 0.2) is 0 Å². The van der Waals surface area contributed by atoms with Crippen LogP contribution >= 0.6 is 0 Å². The molecule has 0 bridgehead atoms. The van der Waals surface area contributed by atoms with Gasteiger partial charge in [0.05, 0.1) is 0 Å². The monoisotopic (exact) mass is 134 g/mol. The summed E-state index contributed by atoms with van der Waals surface area (Å²) in [5, 5.41) is 0. The molecule has 0 fully saturated rings. The average molecular weight is 134 g/mol. The summed E-state index contributed by atoms with van der Waals surface area (Å²) in [6.45, 7) is 0. The van der Waals surface area contributed by atoms with Gasteiger partial charge in [0.2, 0.25) is 0 Å². The second-order valence-electron chi connectivity index (χ2n) is 2.84. The minimum atomic E-state index is 0. The topological polar surface area (TPSA) is 26.0 Å². The molecule has 1 nitrogen and oxygen atoms in total. The van der Waals surface area contributed by atoms with Crippen LogP contribution in [0.3, 0.4) is 0 Å². The molecule has 1 heteroatoms. The highest BCUT2D eigenvalue weighted by Gasteiger charge is 2.16. The molecular formula is C9H12N+. The van der Waals surface area contributed by atoms with Crippen LogP contribution in [0.2, 0.25) is 0 Å². The van der Waals surface area contributed by atoms with Crippen molar-refractivity contribution >= 4 is 0 Å². The first kappa shape index (κ1) is 5.93. The van der Waals surface area contributed by atoms with Crippen molar-refractivity contribution in [3.05, 3.63) is 35.4 Å². The third-order valence-corrected chi connectivity index (χ3v) is 2.18. The molecule has 0 amide bonds. The highest BCUT2D eigenvalue weighted by molar-refractivity contribution is 5.33. The lowest BCUT2D eigenvalue weighted by Gasteiger charge is -2.01. The van der Waals surface area contributed by atoms with Gasteiger partial charge >= 0.3 is 1.43 Å². The number of aryl methyl sites for hydroxylation is 1. The number of benzene rings is 1. The van der Waals surface area contributed by atoms with Gasteiger partial charge in [-0.2, -0.15) is 0 Å². The molecule has 0 aromatic heterocycles. The second-order valence-corrected chi connectivity index (χ2v) is 2.84. The standard InChI is InChI=1S/C9H11N/c10-9-6-5-7-3-1-2-4-8(7)9/h1-4,9H,5-6,10H2/p+1. The fraction of sp³-hybridized carbons (Fsp3) is 0.333. The molecular weight excluding hydrogens is 122 g/mol. The van der Waals surface area contributed by atoms with Gasteiger partial charge in [-0.15, -0.1) is 0 Å². The van der Waals surface area contributed by atoms with Crippen LogP contribution in [-0.2, 0) is 6.42 Å². The summed E-state index contributed by atoms with van der Waals surface area (Å²) in [5.74, 6) is 0. The van der Waals surface area contributed by atoms with Crippen molar-refractivity contribution in [3.8, 4) is 0 Å². The molecule has 1 aliphatic rings. The Hall–Kier alpha value is -0.820. The van der Waals surface area contributed by atoms with E-state index in [1.165, 1.54) is 11.1 Å². The predicted octanol–water partition coefficient (Wildman–Crippen LogP) is 1.75. The summed E-state index contributed by atoms with van der Waals surface area (Å²) in [6, 6.07) is 8.74. The van der Waals surface area contributed by atoms with Crippen LogP contribution in [0.15, 0.2) is 24.3 Å². The first-order valence-corrected chi connectivity index (χ1v) is 3.71. The quantitative estimate of drug-likeness (QED) is 0.574. The third kappa shape index (κ3) is 0.745. The van der Waals surface area contributed by atoms with E-state index in [-0.39, 0.29) is 1.43 Å². The van der Waals surface area contributed by atoms with E-state index in [0.717, 1.165) is 12.8 Å². The summed E-state index contributed by atoms with van der Waals surface area (Å²) in [6.07, 6.45) is 2.29. The summed E-state index contributed by atoms with van der Waals surface area (Å²) in [7, 11) is 0. The van der Waals surface area contributed by atoms with Crippen LogP contribution in [0.5, 0.6) is 0 Å². The van der Waals surface area contributed by atoms with E-state index in [9.17, 15) is 0 Å². The molecule has 0 saturated carbocycles. The first-order chi connectivity index (χ1) is 4.88. The molecule has 0 heterocycles. The molecule has 2 rings (SSSR count). The number of hydrogen-bond acceptors (Lipinski definition) is 1. The smallest absolute Gasteiger partial charge is 0.324 e. The van der Waals surface area contributed by atoms with Gasteiger partial charge in [-0.05, 0) is 24.0 Å². The zero-order valence-electron chi connectivity index (χ0n) is 6.88. The lowest BCUT2D eigenvalue weighted by atomic mass is 10.1. The molecule has 1 aromatic rings. The molecule has 0 spiro atoms. The SMILES string of the molecule is NC1CCc2ccccc21.[H+]. The van der Waals surface area contributed by atoms with Gasteiger partial charge in [0.1, 0.15) is 0 Å². The Bertz CT molecular complexity index is 247. The van der Waals surface area contributed by atoms with E-state index in [1.54, 1.807) is 0 Å². The van der Waals surface area contributed by atoms with E-state index in [2.05, 4.69) is 24.3 Å². The maximum absolute atomic E-state index is 5.85. The van der Waals surface area contributed by atoms with Gasteiger partial charge in [-0.1, -0.05) is 24.3 Å². The van der Waals surface area contributed by atoms with E-state index >= 15 is 0 Å². The molecule has 2 N–H and O–H groups in total.